The smallest absolute Gasteiger partial charge is 0.128 e. The van der Waals surface area contributed by atoms with E-state index in [-0.39, 0.29) is 0 Å². The molecule has 1 atom stereocenters. The third-order valence-corrected chi connectivity index (χ3v) is 4.47. The minimum absolute atomic E-state index is 0.511. The minimum atomic E-state index is 0.511. The average molecular weight is 320 g/mol. The van der Waals surface area contributed by atoms with Crippen molar-refractivity contribution < 1.29 is 4.74 Å². The van der Waals surface area contributed by atoms with Crippen molar-refractivity contribution in [2.24, 2.45) is 0 Å². The molecule has 23 heavy (non-hydrogen) atoms. The second-order valence-corrected chi connectivity index (χ2v) is 6.58. The van der Waals surface area contributed by atoms with Crippen LogP contribution in [-0.2, 0) is 11.3 Å². The van der Waals surface area contributed by atoms with E-state index < -0.39 is 0 Å². The first-order valence-corrected chi connectivity index (χ1v) is 8.80. The van der Waals surface area contributed by atoms with E-state index >= 15 is 0 Å². The molecule has 1 aliphatic heterocycles. The number of pyridine rings is 1. The van der Waals surface area contributed by atoms with Gasteiger partial charge in [-0.1, -0.05) is 12.5 Å². The first-order chi connectivity index (χ1) is 11.2. The summed E-state index contributed by atoms with van der Waals surface area (Å²) < 4.78 is 5.10. The van der Waals surface area contributed by atoms with E-state index in [4.69, 9.17) is 4.74 Å². The van der Waals surface area contributed by atoms with Gasteiger partial charge in [0.25, 0.3) is 0 Å². The van der Waals surface area contributed by atoms with Crippen molar-refractivity contribution in [3.63, 3.8) is 0 Å². The summed E-state index contributed by atoms with van der Waals surface area (Å²) in [6, 6.07) is 4.76. The van der Waals surface area contributed by atoms with E-state index in [1.165, 1.54) is 37.9 Å². The molecule has 5 heteroatoms. The predicted molar refractivity (Wildman–Crippen MR) is 96.0 cm³/mol. The van der Waals surface area contributed by atoms with E-state index in [9.17, 15) is 0 Å². The lowest BCUT2D eigenvalue weighted by atomic mass is 10.1. The maximum Gasteiger partial charge on any atom is 0.128 e. The van der Waals surface area contributed by atoms with Crippen molar-refractivity contribution in [1.29, 1.82) is 0 Å². The number of ether oxygens (including phenoxy) is 1. The van der Waals surface area contributed by atoms with Crippen molar-refractivity contribution in [1.82, 2.24) is 15.2 Å². The topological polar surface area (TPSA) is 40.6 Å². The van der Waals surface area contributed by atoms with Crippen LogP contribution in [0.3, 0.4) is 0 Å². The molecular formula is C18H32N4O. The molecule has 0 unspecified atom stereocenters. The Bertz CT molecular complexity index is 431. The van der Waals surface area contributed by atoms with Gasteiger partial charge in [0.05, 0.1) is 6.61 Å². The Morgan fingerprint density at radius 3 is 2.74 bits per heavy atom. The van der Waals surface area contributed by atoms with Crippen molar-refractivity contribution in [3.8, 4) is 0 Å². The highest BCUT2D eigenvalue weighted by Crippen LogP contribution is 2.11. The Balaban J connectivity index is 1.72. The molecule has 0 bridgehead atoms. The predicted octanol–water partition coefficient (Wildman–Crippen LogP) is 2.13. The molecule has 1 aromatic heterocycles. The monoisotopic (exact) mass is 320 g/mol. The SMILES string of the molecule is COCCN(C)c1ccc(CN[C@H](C)CN2CCCCC2)cn1. The van der Waals surface area contributed by atoms with Gasteiger partial charge in [-0.05, 0) is 44.5 Å². The molecule has 1 N–H and O–H groups in total. The molecule has 1 saturated heterocycles. The second kappa shape index (κ2) is 9.85. The van der Waals surface area contributed by atoms with Gasteiger partial charge in [-0.3, -0.25) is 0 Å². The number of piperidine rings is 1. The van der Waals surface area contributed by atoms with Gasteiger partial charge in [0.1, 0.15) is 5.82 Å². The molecule has 1 aromatic rings. The van der Waals surface area contributed by atoms with Crippen LogP contribution in [-0.4, -0.2) is 62.9 Å². The molecule has 0 amide bonds. The Hall–Kier alpha value is -1.17. The highest BCUT2D eigenvalue weighted by Gasteiger charge is 2.13. The lowest BCUT2D eigenvalue weighted by Crippen LogP contribution is -2.41. The van der Waals surface area contributed by atoms with Crippen LogP contribution in [0.25, 0.3) is 0 Å². The van der Waals surface area contributed by atoms with Crippen LogP contribution < -0.4 is 10.2 Å². The largest absolute Gasteiger partial charge is 0.383 e. The first-order valence-electron chi connectivity index (χ1n) is 8.80. The van der Waals surface area contributed by atoms with Gasteiger partial charge < -0.3 is 19.9 Å². The summed E-state index contributed by atoms with van der Waals surface area (Å²) >= 11 is 0. The van der Waals surface area contributed by atoms with Gasteiger partial charge in [0, 0.05) is 46.0 Å². The summed E-state index contributed by atoms with van der Waals surface area (Å²) in [6.45, 7) is 8.39. The van der Waals surface area contributed by atoms with Gasteiger partial charge in [-0.25, -0.2) is 4.98 Å². The van der Waals surface area contributed by atoms with Gasteiger partial charge >= 0.3 is 0 Å². The van der Waals surface area contributed by atoms with Crippen LogP contribution in [0.4, 0.5) is 5.82 Å². The molecule has 0 saturated carbocycles. The molecule has 130 valence electrons. The van der Waals surface area contributed by atoms with Crippen LogP contribution >= 0.6 is 0 Å². The molecule has 5 nitrogen and oxygen atoms in total. The maximum absolute atomic E-state index is 5.10. The van der Waals surface area contributed by atoms with Crippen LogP contribution in [0.5, 0.6) is 0 Å². The molecule has 1 fully saturated rings. The lowest BCUT2D eigenvalue weighted by molar-refractivity contribution is 0.206. The summed E-state index contributed by atoms with van der Waals surface area (Å²) in [6.07, 6.45) is 6.08. The zero-order valence-corrected chi connectivity index (χ0v) is 14.9. The van der Waals surface area contributed by atoms with E-state index in [2.05, 4.69) is 39.2 Å². The number of aromatic nitrogens is 1. The molecule has 0 aliphatic carbocycles. The summed E-state index contributed by atoms with van der Waals surface area (Å²) in [7, 11) is 3.76. The fourth-order valence-electron chi connectivity index (χ4n) is 2.98. The standard InChI is InChI=1S/C18H32N4O/c1-16(15-22-9-5-4-6-10-22)19-13-17-7-8-18(20-14-17)21(2)11-12-23-3/h7-8,14,16,19H,4-6,9-13,15H2,1-3H3/t16-/m1/s1. The number of nitrogens with one attached hydrogen (secondary N) is 1. The number of nitrogens with zero attached hydrogens (tertiary/aromatic N) is 3. The fraction of sp³-hybridized carbons (Fsp3) is 0.722. The normalized spacial score (nSPS) is 17.2. The number of likely N-dealkylation sites (tertiary alicyclic amines) is 1. The number of methoxy groups -OCH3 is 1. The van der Waals surface area contributed by atoms with Gasteiger partial charge in [-0.2, -0.15) is 0 Å². The summed E-state index contributed by atoms with van der Waals surface area (Å²) in [5.41, 5.74) is 1.24. The van der Waals surface area contributed by atoms with Crippen molar-refractivity contribution >= 4 is 5.82 Å². The van der Waals surface area contributed by atoms with Gasteiger partial charge in [0.2, 0.25) is 0 Å². The van der Waals surface area contributed by atoms with Crippen LogP contribution in [0.2, 0.25) is 0 Å². The number of anilines is 1. The average Bonchev–Trinajstić information content (AvgIpc) is 2.59. The summed E-state index contributed by atoms with van der Waals surface area (Å²) in [4.78, 5) is 9.23. The molecule has 0 aromatic carbocycles. The zero-order valence-electron chi connectivity index (χ0n) is 14.9. The molecule has 2 rings (SSSR count). The number of hydrogen-bond donors (Lipinski definition) is 1. The molecule has 2 heterocycles. The molecule has 0 radical (unpaired) electrons. The summed E-state index contributed by atoms with van der Waals surface area (Å²) in [5, 5.41) is 3.61. The number of rotatable bonds is 9. The van der Waals surface area contributed by atoms with Crippen molar-refractivity contribution in [2.75, 3.05) is 51.8 Å². The Kier molecular flexibility index (Phi) is 7.79. The molecular weight excluding hydrogens is 288 g/mol. The van der Waals surface area contributed by atoms with Gasteiger partial charge in [-0.15, -0.1) is 0 Å². The molecule has 0 spiro atoms. The highest BCUT2D eigenvalue weighted by molar-refractivity contribution is 5.38. The van der Waals surface area contributed by atoms with Crippen LogP contribution in [0.1, 0.15) is 31.7 Å². The van der Waals surface area contributed by atoms with Crippen molar-refractivity contribution in [2.45, 2.75) is 38.8 Å². The lowest BCUT2D eigenvalue weighted by Gasteiger charge is -2.29. The van der Waals surface area contributed by atoms with Crippen LogP contribution in [0.15, 0.2) is 18.3 Å². The number of hydrogen-bond acceptors (Lipinski definition) is 5. The van der Waals surface area contributed by atoms with Gasteiger partial charge in [0.15, 0.2) is 0 Å². The van der Waals surface area contributed by atoms with E-state index in [1.807, 2.05) is 13.2 Å². The van der Waals surface area contributed by atoms with E-state index in [1.54, 1.807) is 7.11 Å². The Morgan fingerprint density at radius 2 is 2.09 bits per heavy atom. The summed E-state index contributed by atoms with van der Waals surface area (Å²) in [5.74, 6) is 0.993. The number of likely N-dealkylation sites (N-methyl/N-ethyl adjacent to an activating group) is 1. The maximum atomic E-state index is 5.10. The fourth-order valence-corrected chi connectivity index (χ4v) is 2.98. The molecule has 1 aliphatic rings. The third-order valence-electron chi connectivity index (χ3n) is 4.47. The highest BCUT2D eigenvalue weighted by atomic mass is 16.5. The van der Waals surface area contributed by atoms with E-state index in [0.717, 1.165) is 32.1 Å². The minimum Gasteiger partial charge on any atom is -0.383 e. The Morgan fingerprint density at radius 1 is 1.30 bits per heavy atom. The van der Waals surface area contributed by atoms with E-state index in [0.29, 0.717) is 6.04 Å². The quantitative estimate of drug-likeness (QED) is 0.755. The first kappa shape index (κ1) is 18.2. The second-order valence-electron chi connectivity index (χ2n) is 6.58. The third kappa shape index (κ3) is 6.45. The van der Waals surface area contributed by atoms with Crippen molar-refractivity contribution in [3.05, 3.63) is 23.9 Å². The van der Waals surface area contributed by atoms with Crippen LogP contribution in [0, 0.1) is 0 Å². The Labute approximate surface area is 141 Å². The zero-order chi connectivity index (χ0) is 16.5.